The summed E-state index contributed by atoms with van der Waals surface area (Å²) in [6, 6.07) is 12.4. The zero-order valence-corrected chi connectivity index (χ0v) is 10.5. The first-order valence-corrected chi connectivity index (χ1v) is 5.85. The normalized spacial score (nSPS) is 11.6. The summed E-state index contributed by atoms with van der Waals surface area (Å²) >= 11 is 0. The molecule has 0 atom stereocenters. The minimum atomic E-state index is -0.289. The summed E-state index contributed by atoms with van der Waals surface area (Å²) in [6.45, 7) is 5.07. The van der Waals surface area contributed by atoms with Gasteiger partial charge in [-0.3, -0.25) is 0 Å². The van der Waals surface area contributed by atoms with Crippen molar-refractivity contribution in [3.8, 4) is 6.07 Å². The van der Waals surface area contributed by atoms with E-state index >= 15 is 0 Å². The van der Waals surface area contributed by atoms with E-state index in [1.807, 2.05) is 44.2 Å². The van der Waals surface area contributed by atoms with E-state index in [2.05, 4.69) is 18.2 Å². The van der Waals surface area contributed by atoms with Crippen molar-refractivity contribution >= 4 is 6.08 Å². The van der Waals surface area contributed by atoms with Crippen LogP contribution in [0.15, 0.2) is 36.4 Å². The number of nitrogens with zero attached hydrogens (tertiary/aromatic N) is 1. The van der Waals surface area contributed by atoms with E-state index in [9.17, 15) is 0 Å². The SMILES string of the molecule is CC(C)(C#N)CCOCC=Cc1ccccc1. The molecular weight excluding hydrogens is 210 g/mol. The molecule has 0 fully saturated rings. The van der Waals surface area contributed by atoms with Gasteiger partial charge in [-0.25, -0.2) is 0 Å². The molecule has 0 aliphatic heterocycles. The van der Waals surface area contributed by atoms with Crippen LogP contribution in [0.25, 0.3) is 6.08 Å². The van der Waals surface area contributed by atoms with Crippen LogP contribution in [0.3, 0.4) is 0 Å². The van der Waals surface area contributed by atoms with E-state index in [0.717, 1.165) is 6.42 Å². The van der Waals surface area contributed by atoms with Crippen molar-refractivity contribution in [3.63, 3.8) is 0 Å². The fourth-order valence-electron chi connectivity index (χ4n) is 1.28. The van der Waals surface area contributed by atoms with Gasteiger partial charge in [0.25, 0.3) is 0 Å². The molecule has 0 aliphatic rings. The second-order valence-electron chi connectivity index (χ2n) is 4.63. The Kier molecular flexibility index (Phi) is 5.45. The predicted octanol–water partition coefficient (Wildman–Crippen LogP) is 3.66. The maximum atomic E-state index is 8.83. The molecule has 2 nitrogen and oxygen atoms in total. The van der Waals surface area contributed by atoms with Gasteiger partial charge in [-0.15, -0.1) is 0 Å². The van der Waals surface area contributed by atoms with Crippen molar-refractivity contribution in [1.82, 2.24) is 0 Å². The highest BCUT2D eigenvalue weighted by molar-refractivity contribution is 5.48. The first-order valence-electron chi connectivity index (χ1n) is 5.85. The number of nitriles is 1. The molecule has 2 heteroatoms. The molecule has 0 amide bonds. The minimum Gasteiger partial charge on any atom is -0.377 e. The molecule has 17 heavy (non-hydrogen) atoms. The van der Waals surface area contributed by atoms with Crippen molar-refractivity contribution < 1.29 is 4.74 Å². The van der Waals surface area contributed by atoms with Crippen LogP contribution in [0.1, 0.15) is 25.8 Å². The zero-order chi connectivity index (χ0) is 12.6. The van der Waals surface area contributed by atoms with Gasteiger partial charge in [0.15, 0.2) is 0 Å². The van der Waals surface area contributed by atoms with E-state index in [0.29, 0.717) is 13.2 Å². The smallest absolute Gasteiger partial charge is 0.0684 e. The van der Waals surface area contributed by atoms with E-state index in [1.165, 1.54) is 5.56 Å². The number of rotatable bonds is 6. The summed E-state index contributed by atoms with van der Waals surface area (Å²) in [5, 5.41) is 8.83. The number of benzene rings is 1. The Bertz CT molecular complexity index is 387. The monoisotopic (exact) mass is 229 g/mol. The minimum absolute atomic E-state index is 0.289. The van der Waals surface area contributed by atoms with E-state index in [-0.39, 0.29) is 5.41 Å². The summed E-state index contributed by atoms with van der Waals surface area (Å²) in [5.74, 6) is 0. The summed E-state index contributed by atoms with van der Waals surface area (Å²) in [7, 11) is 0. The Balaban J connectivity index is 2.17. The van der Waals surface area contributed by atoms with Gasteiger partial charge in [0.2, 0.25) is 0 Å². The number of hydrogen-bond donors (Lipinski definition) is 0. The molecule has 0 bridgehead atoms. The second-order valence-corrected chi connectivity index (χ2v) is 4.63. The van der Waals surface area contributed by atoms with Gasteiger partial charge in [-0.2, -0.15) is 5.26 Å². The highest BCUT2D eigenvalue weighted by Gasteiger charge is 2.15. The molecule has 0 spiro atoms. The Morgan fingerprint density at radius 3 is 2.65 bits per heavy atom. The quantitative estimate of drug-likeness (QED) is 0.697. The van der Waals surface area contributed by atoms with E-state index in [1.54, 1.807) is 0 Å². The molecule has 0 aromatic heterocycles. The lowest BCUT2D eigenvalue weighted by molar-refractivity contribution is 0.139. The standard InChI is InChI=1S/C15H19NO/c1-15(2,13-16)10-12-17-11-6-9-14-7-4-3-5-8-14/h3-9H,10-12H2,1-2H3. The van der Waals surface area contributed by atoms with Crippen LogP contribution in [-0.2, 0) is 4.74 Å². The summed E-state index contributed by atoms with van der Waals surface area (Å²) < 4.78 is 5.46. The number of ether oxygens (including phenoxy) is 1. The lowest BCUT2D eigenvalue weighted by atomic mass is 9.92. The summed E-state index contributed by atoms with van der Waals surface area (Å²) in [6.07, 6.45) is 4.80. The van der Waals surface area contributed by atoms with Crippen molar-refractivity contribution in [1.29, 1.82) is 5.26 Å². The van der Waals surface area contributed by atoms with Gasteiger partial charge in [-0.05, 0) is 25.8 Å². The zero-order valence-electron chi connectivity index (χ0n) is 10.5. The molecule has 0 N–H and O–H groups in total. The first-order chi connectivity index (χ1) is 8.14. The van der Waals surface area contributed by atoms with Crippen LogP contribution in [0.2, 0.25) is 0 Å². The van der Waals surface area contributed by atoms with Gasteiger partial charge in [0.1, 0.15) is 0 Å². The topological polar surface area (TPSA) is 33.0 Å². The first kappa shape index (κ1) is 13.5. The maximum absolute atomic E-state index is 8.83. The Morgan fingerprint density at radius 1 is 1.29 bits per heavy atom. The molecular formula is C15H19NO. The Labute approximate surface area is 104 Å². The molecule has 0 saturated heterocycles. The lowest BCUT2D eigenvalue weighted by Crippen LogP contribution is -2.11. The third-order valence-corrected chi connectivity index (χ3v) is 2.50. The van der Waals surface area contributed by atoms with Gasteiger partial charge < -0.3 is 4.74 Å². The molecule has 1 aromatic carbocycles. The average Bonchev–Trinajstić information content (AvgIpc) is 2.35. The van der Waals surface area contributed by atoms with Crippen molar-refractivity contribution in [2.24, 2.45) is 5.41 Å². The Hall–Kier alpha value is -1.59. The molecule has 0 heterocycles. The average molecular weight is 229 g/mol. The third kappa shape index (κ3) is 5.89. The largest absolute Gasteiger partial charge is 0.377 e. The van der Waals surface area contributed by atoms with Gasteiger partial charge >= 0.3 is 0 Å². The van der Waals surface area contributed by atoms with Crippen molar-refractivity contribution in [3.05, 3.63) is 42.0 Å². The maximum Gasteiger partial charge on any atom is 0.0684 e. The number of hydrogen-bond acceptors (Lipinski definition) is 2. The van der Waals surface area contributed by atoms with Crippen LogP contribution in [0.4, 0.5) is 0 Å². The van der Waals surface area contributed by atoms with Crippen molar-refractivity contribution in [2.45, 2.75) is 20.3 Å². The molecule has 0 radical (unpaired) electrons. The summed E-state index contributed by atoms with van der Waals surface area (Å²) in [5.41, 5.74) is 0.886. The highest BCUT2D eigenvalue weighted by atomic mass is 16.5. The molecule has 0 saturated carbocycles. The summed E-state index contributed by atoms with van der Waals surface area (Å²) in [4.78, 5) is 0. The predicted molar refractivity (Wildman–Crippen MR) is 70.3 cm³/mol. The fourth-order valence-corrected chi connectivity index (χ4v) is 1.28. The van der Waals surface area contributed by atoms with Crippen LogP contribution >= 0.6 is 0 Å². The lowest BCUT2D eigenvalue weighted by Gasteiger charge is -2.13. The van der Waals surface area contributed by atoms with Crippen LogP contribution in [-0.4, -0.2) is 13.2 Å². The van der Waals surface area contributed by atoms with Gasteiger partial charge in [0, 0.05) is 6.61 Å². The highest BCUT2D eigenvalue weighted by Crippen LogP contribution is 2.17. The molecule has 1 rings (SSSR count). The van der Waals surface area contributed by atoms with Gasteiger partial charge in [0.05, 0.1) is 18.1 Å². The molecule has 1 aromatic rings. The van der Waals surface area contributed by atoms with E-state index < -0.39 is 0 Å². The third-order valence-electron chi connectivity index (χ3n) is 2.50. The van der Waals surface area contributed by atoms with Crippen molar-refractivity contribution in [2.75, 3.05) is 13.2 Å². The second kappa shape index (κ2) is 6.88. The van der Waals surface area contributed by atoms with Gasteiger partial charge in [-0.1, -0.05) is 42.5 Å². The molecule has 0 unspecified atom stereocenters. The van der Waals surface area contributed by atoms with Crippen LogP contribution < -0.4 is 0 Å². The van der Waals surface area contributed by atoms with E-state index in [4.69, 9.17) is 10.00 Å². The Morgan fingerprint density at radius 2 is 2.00 bits per heavy atom. The van der Waals surface area contributed by atoms with Crippen LogP contribution in [0.5, 0.6) is 0 Å². The van der Waals surface area contributed by atoms with Crippen LogP contribution in [0, 0.1) is 16.7 Å². The molecule has 0 aliphatic carbocycles. The molecule has 90 valence electrons. The fraction of sp³-hybridized carbons (Fsp3) is 0.400.